The lowest BCUT2D eigenvalue weighted by atomic mass is 10.1. The van der Waals surface area contributed by atoms with Crippen molar-refractivity contribution >= 4 is 34.3 Å². The lowest BCUT2D eigenvalue weighted by molar-refractivity contribution is -0.135. The highest BCUT2D eigenvalue weighted by Gasteiger charge is 2.15. The van der Waals surface area contributed by atoms with Crippen molar-refractivity contribution in [2.75, 3.05) is 18.6 Å². The van der Waals surface area contributed by atoms with E-state index in [1.165, 1.54) is 7.11 Å². The van der Waals surface area contributed by atoms with Gasteiger partial charge < -0.3 is 14.6 Å². The predicted molar refractivity (Wildman–Crippen MR) is 73.4 cm³/mol. The fourth-order valence-electron chi connectivity index (χ4n) is 1.26. The maximum absolute atomic E-state index is 11.4. The first kappa shape index (κ1) is 13.8. The summed E-state index contributed by atoms with van der Waals surface area (Å²) in [5.41, 5.74) is 0.807. The zero-order valence-electron chi connectivity index (χ0n) is 9.57. The molecule has 0 saturated heterocycles. The molecule has 0 aromatic heterocycles. The summed E-state index contributed by atoms with van der Waals surface area (Å²) in [5.74, 6) is 0.109. The minimum absolute atomic E-state index is 0.0612. The van der Waals surface area contributed by atoms with Crippen molar-refractivity contribution in [3.63, 3.8) is 0 Å². The van der Waals surface area contributed by atoms with Crippen LogP contribution in [-0.4, -0.2) is 29.7 Å². The molecule has 0 bridgehead atoms. The topological polar surface area (TPSA) is 55.8 Å². The lowest BCUT2D eigenvalue weighted by Crippen LogP contribution is -2.08. The van der Waals surface area contributed by atoms with Crippen LogP contribution >= 0.6 is 22.6 Å². The van der Waals surface area contributed by atoms with Gasteiger partial charge in [-0.15, -0.1) is 0 Å². The molecule has 5 heteroatoms. The van der Waals surface area contributed by atoms with E-state index in [4.69, 9.17) is 4.74 Å². The molecule has 0 radical (unpaired) electrons. The number of alkyl halides is 1. The van der Waals surface area contributed by atoms with E-state index in [1.54, 1.807) is 31.4 Å². The van der Waals surface area contributed by atoms with Gasteiger partial charge in [0.2, 0.25) is 0 Å². The van der Waals surface area contributed by atoms with Crippen molar-refractivity contribution in [2.45, 2.75) is 0 Å². The quantitative estimate of drug-likeness (QED) is 0.299. The average Bonchev–Trinajstić information content (AvgIpc) is 2.39. The van der Waals surface area contributed by atoms with Crippen LogP contribution in [0.2, 0.25) is 0 Å². The van der Waals surface area contributed by atoms with Gasteiger partial charge in [0.05, 0.1) is 19.8 Å². The van der Waals surface area contributed by atoms with Gasteiger partial charge in [-0.3, -0.25) is 0 Å². The van der Waals surface area contributed by atoms with Gasteiger partial charge in [0.1, 0.15) is 11.5 Å². The van der Waals surface area contributed by atoms with Gasteiger partial charge in [0, 0.05) is 9.99 Å². The number of benzene rings is 1. The molecule has 0 atom stereocenters. The normalized spacial score (nSPS) is 11.7. The van der Waals surface area contributed by atoms with E-state index in [0.717, 1.165) is 0 Å². The minimum atomic E-state index is -0.521. The molecule has 1 aromatic carbocycles. The second-order valence-electron chi connectivity index (χ2n) is 3.18. The third-order valence-corrected chi connectivity index (χ3v) is 2.98. The van der Waals surface area contributed by atoms with Gasteiger partial charge >= 0.3 is 5.97 Å². The number of halogens is 1. The summed E-state index contributed by atoms with van der Waals surface area (Å²) >= 11 is 2.00. The van der Waals surface area contributed by atoms with Crippen molar-refractivity contribution in [3.05, 3.63) is 35.4 Å². The average molecular weight is 348 g/mol. The summed E-state index contributed by atoms with van der Waals surface area (Å²) in [5, 5.41) is 9.98. The van der Waals surface area contributed by atoms with Gasteiger partial charge in [-0.1, -0.05) is 22.6 Å². The molecule has 4 nitrogen and oxygen atoms in total. The summed E-state index contributed by atoms with van der Waals surface area (Å²) in [6.07, 6.45) is 0. The first-order valence-corrected chi connectivity index (χ1v) is 6.37. The molecule has 0 spiro atoms. The molecule has 0 unspecified atom stereocenters. The van der Waals surface area contributed by atoms with E-state index < -0.39 is 5.97 Å². The monoisotopic (exact) mass is 348 g/mol. The highest BCUT2D eigenvalue weighted by atomic mass is 127. The molecule has 1 N–H and O–H groups in total. The standard InChI is InChI=1S/C12H13IO4/c1-16-9-5-3-8(4-6-9)11(14)10(7-13)12(15)17-2/h3-6,14H,7H2,1-2H3/b11-10+. The lowest BCUT2D eigenvalue weighted by Gasteiger charge is -2.07. The molecule has 0 fully saturated rings. The van der Waals surface area contributed by atoms with E-state index in [9.17, 15) is 9.90 Å². The molecule has 0 aliphatic rings. The summed E-state index contributed by atoms with van der Waals surface area (Å²) in [4.78, 5) is 11.4. The maximum atomic E-state index is 11.4. The van der Waals surface area contributed by atoms with E-state index in [-0.39, 0.29) is 11.3 Å². The van der Waals surface area contributed by atoms with Gasteiger partial charge in [-0.2, -0.15) is 0 Å². The third kappa shape index (κ3) is 3.36. The Kier molecular flexibility index (Phi) is 5.27. The Balaban J connectivity index is 3.11. The highest BCUT2D eigenvalue weighted by Crippen LogP contribution is 2.21. The number of ether oxygens (including phenoxy) is 2. The number of carbonyl (C=O) groups excluding carboxylic acids is 1. The second kappa shape index (κ2) is 6.48. The Morgan fingerprint density at radius 2 is 1.88 bits per heavy atom. The minimum Gasteiger partial charge on any atom is -0.507 e. The van der Waals surface area contributed by atoms with Gasteiger partial charge in [-0.25, -0.2) is 4.79 Å². The van der Waals surface area contributed by atoms with Crippen LogP contribution in [0, 0.1) is 0 Å². The number of carbonyl (C=O) groups is 1. The van der Waals surface area contributed by atoms with E-state index >= 15 is 0 Å². The second-order valence-corrected chi connectivity index (χ2v) is 3.94. The molecule has 1 aromatic rings. The zero-order valence-corrected chi connectivity index (χ0v) is 11.7. The molecule has 0 heterocycles. The number of methoxy groups -OCH3 is 2. The van der Waals surface area contributed by atoms with Crippen molar-refractivity contribution in [2.24, 2.45) is 0 Å². The number of hydrogen-bond donors (Lipinski definition) is 1. The van der Waals surface area contributed by atoms with E-state index in [1.807, 2.05) is 22.6 Å². The molecule has 0 aliphatic heterocycles. The van der Waals surface area contributed by atoms with Crippen LogP contribution in [0.25, 0.3) is 5.76 Å². The highest BCUT2D eigenvalue weighted by molar-refractivity contribution is 14.1. The van der Waals surface area contributed by atoms with Crippen LogP contribution in [0.1, 0.15) is 5.56 Å². The number of rotatable bonds is 4. The fourth-order valence-corrected chi connectivity index (χ4v) is 1.93. The Bertz CT molecular complexity index is 423. The molecule has 92 valence electrons. The number of esters is 1. The molecule has 0 aliphatic carbocycles. The fraction of sp³-hybridized carbons (Fsp3) is 0.250. The summed E-state index contributed by atoms with van der Waals surface area (Å²) in [7, 11) is 2.85. The molecule has 1 rings (SSSR count). The largest absolute Gasteiger partial charge is 0.507 e. The zero-order chi connectivity index (χ0) is 12.8. The van der Waals surface area contributed by atoms with Crippen LogP contribution in [0.5, 0.6) is 5.75 Å². The van der Waals surface area contributed by atoms with Crippen LogP contribution in [0.4, 0.5) is 0 Å². The molecule has 17 heavy (non-hydrogen) atoms. The maximum Gasteiger partial charge on any atom is 0.338 e. The van der Waals surface area contributed by atoms with Crippen molar-refractivity contribution in [1.29, 1.82) is 0 Å². The van der Waals surface area contributed by atoms with E-state index in [2.05, 4.69) is 4.74 Å². The number of aliphatic hydroxyl groups excluding tert-OH is 1. The van der Waals surface area contributed by atoms with Crippen molar-refractivity contribution < 1.29 is 19.4 Å². The van der Waals surface area contributed by atoms with Crippen LogP contribution in [0.3, 0.4) is 0 Å². The Morgan fingerprint density at radius 3 is 2.29 bits per heavy atom. The molecular formula is C12H13IO4. The Morgan fingerprint density at radius 1 is 1.29 bits per heavy atom. The van der Waals surface area contributed by atoms with Crippen LogP contribution in [0.15, 0.2) is 29.8 Å². The predicted octanol–water partition coefficient (Wildman–Crippen LogP) is 2.57. The summed E-state index contributed by atoms with van der Waals surface area (Å²) in [6, 6.07) is 6.80. The smallest absolute Gasteiger partial charge is 0.338 e. The van der Waals surface area contributed by atoms with Crippen molar-refractivity contribution in [1.82, 2.24) is 0 Å². The van der Waals surface area contributed by atoms with Gasteiger partial charge in [0.25, 0.3) is 0 Å². The first-order valence-electron chi connectivity index (χ1n) is 4.84. The van der Waals surface area contributed by atoms with E-state index in [0.29, 0.717) is 15.7 Å². The third-order valence-electron chi connectivity index (χ3n) is 2.21. The molecule has 0 saturated carbocycles. The van der Waals surface area contributed by atoms with Gasteiger partial charge in [0.15, 0.2) is 0 Å². The summed E-state index contributed by atoms with van der Waals surface area (Å²) < 4.78 is 10.00. The number of aliphatic hydroxyl groups is 1. The van der Waals surface area contributed by atoms with Crippen LogP contribution < -0.4 is 4.74 Å². The first-order chi connectivity index (χ1) is 8.13. The molecular weight excluding hydrogens is 335 g/mol. The van der Waals surface area contributed by atoms with Gasteiger partial charge in [-0.05, 0) is 24.3 Å². The SMILES string of the molecule is COC(=O)/C(CI)=C(/O)c1ccc(OC)cc1. The summed E-state index contributed by atoms with van der Waals surface area (Å²) in [6.45, 7) is 0. The number of hydrogen-bond acceptors (Lipinski definition) is 4. The Labute approximate surface area is 113 Å². The Hall–Kier alpha value is -1.24. The molecule has 0 amide bonds. The van der Waals surface area contributed by atoms with Crippen molar-refractivity contribution in [3.8, 4) is 5.75 Å². The van der Waals surface area contributed by atoms with Crippen LogP contribution in [-0.2, 0) is 9.53 Å².